The minimum atomic E-state index is -0.392. The summed E-state index contributed by atoms with van der Waals surface area (Å²) in [6, 6.07) is 13.6. The number of nitrogens with one attached hydrogen (secondary N) is 1. The van der Waals surface area contributed by atoms with E-state index in [-0.39, 0.29) is 11.6 Å². The van der Waals surface area contributed by atoms with Gasteiger partial charge >= 0.3 is 0 Å². The number of ether oxygens (including phenoxy) is 2. The van der Waals surface area contributed by atoms with E-state index in [1.807, 2.05) is 24.0 Å². The van der Waals surface area contributed by atoms with Crippen LogP contribution >= 0.6 is 0 Å². The molecule has 2 aromatic rings. The molecule has 2 aromatic carbocycles. The minimum Gasteiger partial charge on any atom is -0.493 e. The van der Waals surface area contributed by atoms with Crippen molar-refractivity contribution in [2.45, 2.75) is 26.8 Å². The van der Waals surface area contributed by atoms with Crippen molar-refractivity contribution < 1.29 is 14.3 Å². The summed E-state index contributed by atoms with van der Waals surface area (Å²) >= 11 is 0. The molecule has 0 aliphatic carbocycles. The van der Waals surface area contributed by atoms with Crippen LogP contribution in [0.25, 0.3) is 0 Å². The van der Waals surface area contributed by atoms with Crippen LogP contribution in [0.4, 0.5) is 5.69 Å². The Morgan fingerprint density at radius 1 is 1.09 bits per heavy atom. The molecule has 0 aromatic heterocycles. The van der Waals surface area contributed by atoms with Gasteiger partial charge in [-0.15, -0.1) is 0 Å². The Hall–Kier alpha value is -3.66. The topological polar surface area (TPSA) is 77.8 Å². The van der Waals surface area contributed by atoms with Gasteiger partial charge in [-0.25, -0.2) is 0 Å². The van der Waals surface area contributed by atoms with Crippen LogP contribution < -0.4 is 19.7 Å². The quantitative estimate of drug-likeness (QED) is 0.514. The van der Waals surface area contributed by atoms with Crippen molar-refractivity contribution in [3.05, 3.63) is 64.9 Å². The van der Waals surface area contributed by atoms with Crippen molar-refractivity contribution in [1.82, 2.24) is 10.2 Å². The van der Waals surface area contributed by atoms with Crippen LogP contribution in [0, 0.1) is 25.2 Å². The summed E-state index contributed by atoms with van der Waals surface area (Å²) in [6.07, 6.45) is 1.68. The molecule has 33 heavy (non-hydrogen) atoms. The summed E-state index contributed by atoms with van der Waals surface area (Å²) < 4.78 is 10.6. The molecule has 1 fully saturated rings. The molecule has 0 saturated carbocycles. The lowest BCUT2D eigenvalue weighted by Crippen LogP contribution is -2.44. The third kappa shape index (κ3) is 5.58. The molecule has 0 bridgehead atoms. The van der Waals surface area contributed by atoms with E-state index < -0.39 is 5.91 Å². The summed E-state index contributed by atoms with van der Waals surface area (Å²) in [5.74, 6) is 0.822. The van der Waals surface area contributed by atoms with Crippen molar-refractivity contribution in [1.29, 1.82) is 5.26 Å². The molecule has 7 heteroatoms. The first kappa shape index (κ1) is 24.0. The predicted octanol–water partition coefficient (Wildman–Crippen LogP) is 3.73. The second-order valence-electron chi connectivity index (χ2n) is 8.21. The van der Waals surface area contributed by atoms with Crippen molar-refractivity contribution in [3.8, 4) is 17.6 Å². The van der Waals surface area contributed by atoms with Gasteiger partial charge in [-0.05, 0) is 55.7 Å². The Balaban J connectivity index is 1.63. The van der Waals surface area contributed by atoms with Crippen LogP contribution in [0.1, 0.15) is 29.7 Å². The first-order valence-corrected chi connectivity index (χ1v) is 11.1. The molecule has 1 N–H and O–H groups in total. The molecule has 1 aliphatic heterocycles. The lowest BCUT2D eigenvalue weighted by Gasteiger charge is -2.36. The van der Waals surface area contributed by atoms with Gasteiger partial charge < -0.3 is 24.6 Å². The van der Waals surface area contributed by atoms with Crippen LogP contribution in [0.5, 0.6) is 11.5 Å². The van der Waals surface area contributed by atoms with Crippen molar-refractivity contribution in [3.63, 3.8) is 0 Å². The molecule has 3 rings (SSSR count). The van der Waals surface area contributed by atoms with Gasteiger partial charge in [-0.2, -0.15) is 5.26 Å². The SMILES string of the molecule is COc1ccc(C(C)NC(=O)/C(C#N)=C\N2CCN(c3cccc(C)c3C)CC2)cc1OC. The first-order chi connectivity index (χ1) is 15.9. The second kappa shape index (κ2) is 10.8. The van der Waals surface area contributed by atoms with Gasteiger partial charge in [0.15, 0.2) is 11.5 Å². The van der Waals surface area contributed by atoms with Gasteiger partial charge in [0.1, 0.15) is 11.6 Å². The highest BCUT2D eigenvalue weighted by Gasteiger charge is 2.20. The molecule has 1 heterocycles. The zero-order valence-corrected chi connectivity index (χ0v) is 20.0. The average Bonchev–Trinajstić information content (AvgIpc) is 2.84. The fourth-order valence-corrected chi connectivity index (χ4v) is 3.97. The molecule has 0 radical (unpaired) electrons. The highest BCUT2D eigenvalue weighted by atomic mass is 16.5. The second-order valence-corrected chi connectivity index (χ2v) is 8.21. The monoisotopic (exact) mass is 448 g/mol. The number of rotatable bonds is 7. The number of carbonyl (C=O) groups excluding carboxylic acids is 1. The number of amides is 1. The molecule has 1 saturated heterocycles. The Morgan fingerprint density at radius 2 is 1.79 bits per heavy atom. The maximum absolute atomic E-state index is 12.8. The summed E-state index contributed by atoms with van der Waals surface area (Å²) in [5.41, 5.74) is 4.79. The van der Waals surface area contributed by atoms with E-state index in [1.54, 1.807) is 26.5 Å². The molecule has 1 aliphatic rings. The predicted molar refractivity (Wildman–Crippen MR) is 130 cm³/mol. The number of hydrogen-bond donors (Lipinski definition) is 1. The Kier molecular flexibility index (Phi) is 7.83. The number of piperazine rings is 1. The molecule has 0 spiro atoms. The van der Waals surface area contributed by atoms with E-state index in [1.165, 1.54) is 16.8 Å². The zero-order chi connectivity index (χ0) is 24.0. The van der Waals surface area contributed by atoms with Gasteiger partial charge in [0, 0.05) is 38.1 Å². The molecular formula is C26H32N4O3. The van der Waals surface area contributed by atoms with Gasteiger partial charge in [-0.1, -0.05) is 18.2 Å². The number of carbonyl (C=O) groups is 1. The van der Waals surface area contributed by atoms with Crippen molar-refractivity contribution >= 4 is 11.6 Å². The Morgan fingerprint density at radius 3 is 2.42 bits per heavy atom. The largest absolute Gasteiger partial charge is 0.493 e. The lowest BCUT2D eigenvalue weighted by atomic mass is 10.1. The summed E-state index contributed by atoms with van der Waals surface area (Å²) in [6.45, 7) is 9.31. The molecule has 1 unspecified atom stereocenters. The summed E-state index contributed by atoms with van der Waals surface area (Å²) in [5, 5.41) is 12.5. The first-order valence-electron chi connectivity index (χ1n) is 11.1. The number of nitriles is 1. The van der Waals surface area contributed by atoms with Crippen LogP contribution in [0.2, 0.25) is 0 Å². The molecule has 1 amide bonds. The van der Waals surface area contributed by atoms with E-state index in [4.69, 9.17) is 9.47 Å². The third-order valence-corrected chi connectivity index (χ3v) is 6.16. The molecule has 1 atom stereocenters. The number of aryl methyl sites for hydroxylation is 1. The van der Waals surface area contributed by atoms with E-state index in [2.05, 4.69) is 48.3 Å². The molecular weight excluding hydrogens is 416 g/mol. The van der Waals surface area contributed by atoms with Crippen LogP contribution in [0.15, 0.2) is 48.2 Å². The Bertz CT molecular complexity index is 1070. The van der Waals surface area contributed by atoms with Crippen molar-refractivity contribution in [2.75, 3.05) is 45.3 Å². The third-order valence-electron chi connectivity index (χ3n) is 6.16. The van der Waals surface area contributed by atoms with E-state index in [0.717, 1.165) is 31.7 Å². The number of methoxy groups -OCH3 is 2. The zero-order valence-electron chi connectivity index (χ0n) is 20.0. The Labute approximate surface area is 196 Å². The number of hydrogen-bond acceptors (Lipinski definition) is 6. The van der Waals surface area contributed by atoms with E-state index >= 15 is 0 Å². The van der Waals surface area contributed by atoms with Crippen molar-refractivity contribution in [2.24, 2.45) is 0 Å². The normalized spacial score (nSPS) is 15.0. The van der Waals surface area contributed by atoms with Gasteiger partial charge in [0.25, 0.3) is 5.91 Å². The molecule has 174 valence electrons. The van der Waals surface area contributed by atoms with Crippen LogP contribution in [0.3, 0.4) is 0 Å². The number of benzene rings is 2. The minimum absolute atomic E-state index is 0.0995. The van der Waals surface area contributed by atoms with Gasteiger partial charge in [-0.3, -0.25) is 4.79 Å². The fraction of sp³-hybridized carbons (Fsp3) is 0.385. The van der Waals surface area contributed by atoms with Crippen LogP contribution in [-0.2, 0) is 4.79 Å². The average molecular weight is 449 g/mol. The maximum Gasteiger partial charge on any atom is 0.263 e. The van der Waals surface area contributed by atoms with E-state index in [9.17, 15) is 10.1 Å². The smallest absolute Gasteiger partial charge is 0.263 e. The highest BCUT2D eigenvalue weighted by molar-refractivity contribution is 5.97. The summed E-state index contributed by atoms with van der Waals surface area (Å²) in [4.78, 5) is 17.2. The lowest BCUT2D eigenvalue weighted by molar-refractivity contribution is -0.117. The highest BCUT2D eigenvalue weighted by Crippen LogP contribution is 2.30. The summed E-state index contributed by atoms with van der Waals surface area (Å²) in [7, 11) is 3.15. The maximum atomic E-state index is 12.8. The van der Waals surface area contributed by atoms with Gasteiger partial charge in [0.2, 0.25) is 0 Å². The van der Waals surface area contributed by atoms with Gasteiger partial charge in [0.05, 0.1) is 20.3 Å². The number of nitrogens with zero attached hydrogens (tertiary/aromatic N) is 3. The van der Waals surface area contributed by atoms with E-state index in [0.29, 0.717) is 11.5 Å². The van der Waals surface area contributed by atoms with Crippen LogP contribution in [-0.4, -0.2) is 51.2 Å². The number of anilines is 1. The standard InChI is InChI=1S/C26H32N4O3/c1-18-7-6-8-23(19(18)2)30-13-11-29(12-14-30)17-22(16-27)26(31)28-20(3)21-9-10-24(32-4)25(15-21)33-5/h6-10,15,17,20H,11-14H2,1-5H3,(H,28,31)/b22-17-. The fourth-order valence-electron chi connectivity index (χ4n) is 3.97. The molecule has 7 nitrogen and oxygen atoms in total.